The fourth-order valence-electron chi connectivity index (χ4n) is 4.54. The molecule has 2 aromatic heterocycles. The van der Waals surface area contributed by atoms with Crippen LogP contribution in [-0.4, -0.2) is 46.7 Å². The largest absolute Gasteiger partial charge is 0.357 e. The standard InChI is InChI=1S/C22H33N5O/c1-2-13-27-22-18(7-8-20(24-22)26-14-5-3-4-6-15-26)21(25-27)19(28)16-17-9-11-23-12-10-17/h7-8,17,23H,2-6,9-16H2,1H3. The molecule has 0 unspecified atom stereocenters. The number of piperidine rings is 1. The third kappa shape index (κ3) is 4.22. The van der Waals surface area contributed by atoms with E-state index in [0.717, 1.165) is 68.8 Å². The van der Waals surface area contributed by atoms with Crippen molar-refractivity contribution in [2.24, 2.45) is 5.92 Å². The molecular weight excluding hydrogens is 350 g/mol. The topological polar surface area (TPSA) is 63.1 Å². The number of carbonyl (C=O) groups excluding carboxylic acids is 1. The van der Waals surface area contributed by atoms with Crippen LogP contribution < -0.4 is 10.2 Å². The van der Waals surface area contributed by atoms with Gasteiger partial charge in [0, 0.05) is 26.1 Å². The Labute approximate surface area is 167 Å². The van der Waals surface area contributed by atoms with Crippen molar-refractivity contribution in [3.8, 4) is 0 Å². The van der Waals surface area contributed by atoms with Crippen molar-refractivity contribution < 1.29 is 4.79 Å². The zero-order chi connectivity index (χ0) is 19.3. The Kier molecular flexibility index (Phi) is 6.25. The predicted octanol–water partition coefficient (Wildman–Crippen LogP) is 3.79. The average Bonchev–Trinajstić information content (AvgIpc) is 2.89. The van der Waals surface area contributed by atoms with Crippen LogP contribution in [0, 0.1) is 5.92 Å². The molecule has 28 heavy (non-hydrogen) atoms. The highest BCUT2D eigenvalue weighted by Crippen LogP contribution is 2.26. The third-order valence-corrected chi connectivity index (χ3v) is 6.14. The SMILES string of the molecule is CCCn1nc(C(=O)CC2CCNCC2)c2ccc(N3CCCCCC3)nc21. The fraction of sp³-hybridized carbons (Fsp3) is 0.682. The summed E-state index contributed by atoms with van der Waals surface area (Å²) in [5, 5.41) is 9.02. The number of nitrogens with zero attached hydrogens (tertiary/aromatic N) is 4. The summed E-state index contributed by atoms with van der Waals surface area (Å²) in [5.74, 6) is 1.68. The lowest BCUT2D eigenvalue weighted by molar-refractivity contribution is 0.0948. The molecule has 4 rings (SSSR count). The molecule has 0 bridgehead atoms. The molecule has 1 N–H and O–H groups in total. The summed E-state index contributed by atoms with van der Waals surface area (Å²) < 4.78 is 1.95. The number of aromatic nitrogens is 3. The van der Waals surface area contributed by atoms with Gasteiger partial charge < -0.3 is 10.2 Å². The lowest BCUT2D eigenvalue weighted by Gasteiger charge is -2.21. The van der Waals surface area contributed by atoms with Crippen LogP contribution in [0.1, 0.15) is 68.8 Å². The molecule has 152 valence electrons. The monoisotopic (exact) mass is 383 g/mol. The van der Waals surface area contributed by atoms with Gasteiger partial charge in [-0.15, -0.1) is 0 Å². The van der Waals surface area contributed by atoms with Crippen LogP contribution in [0.15, 0.2) is 12.1 Å². The van der Waals surface area contributed by atoms with E-state index in [1.54, 1.807) is 0 Å². The summed E-state index contributed by atoms with van der Waals surface area (Å²) in [6, 6.07) is 4.17. The van der Waals surface area contributed by atoms with E-state index in [2.05, 4.69) is 29.3 Å². The maximum atomic E-state index is 13.0. The predicted molar refractivity (Wildman–Crippen MR) is 113 cm³/mol. The Bertz CT molecular complexity index is 801. The van der Waals surface area contributed by atoms with E-state index in [-0.39, 0.29) is 5.78 Å². The minimum atomic E-state index is 0.177. The van der Waals surface area contributed by atoms with E-state index >= 15 is 0 Å². The molecule has 6 heteroatoms. The van der Waals surface area contributed by atoms with Gasteiger partial charge in [0.2, 0.25) is 0 Å². The van der Waals surface area contributed by atoms with Gasteiger partial charge in [0.15, 0.2) is 11.4 Å². The number of Topliss-reactive ketones (excluding diaryl/α,β-unsaturated/α-hetero) is 1. The van der Waals surface area contributed by atoms with Crippen LogP contribution in [0.5, 0.6) is 0 Å². The Morgan fingerprint density at radius 1 is 1.14 bits per heavy atom. The van der Waals surface area contributed by atoms with Crippen LogP contribution in [0.2, 0.25) is 0 Å². The molecular formula is C22H33N5O. The van der Waals surface area contributed by atoms with Crippen molar-refractivity contribution in [3.63, 3.8) is 0 Å². The number of pyridine rings is 1. The lowest BCUT2D eigenvalue weighted by atomic mass is 9.91. The number of hydrogen-bond donors (Lipinski definition) is 1. The van der Waals surface area contributed by atoms with E-state index < -0.39 is 0 Å². The number of ketones is 1. The number of carbonyl (C=O) groups is 1. The Morgan fingerprint density at radius 2 is 1.89 bits per heavy atom. The molecule has 0 amide bonds. The summed E-state index contributed by atoms with van der Waals surface area (Å²) in [5.41, 5.74) is 1.49. The molecule has 2 fully saturated rings. The number of nitrogens with one attached hydrogen (secondary N) is 1. The van der Waals surface area contributed by atoms with Gasteiger partial charge in [-0.3, -0.25) is 4.79 Å². The van der Waals surface area contributed by atoms with E-state index in [0.29, 0.717) is 18.0 Å². The molecule has 2 aromatic rings. The molecule has 6 nitrogen and oxygen atoms in total. The quantitative estimate of drug-likeness (QED) is 0.769. The first-order valence-corrected chi connectivity index (χ1v) is 11.1. The molecule has 0 atom stereocenters. The second kappa shape index (κ2) is 9.03. The second-order valence-electron chi connectivity index (χ2n) is 8.33. The first-order chi connectivity index (χ1) is 13.8. The summed E-state index contributed by atoms with van der Waals surface area (Å²) >= 11 is 0. The Balaban J connectivity index is 1.62. The molecule has 2 saturated heterocycles. The van der Waals surface area contributed by atoms with Gasteiger partial charge in [0.25, 0.3) is 0 Å². The first-order valence-electron chi connectivity index (χ1n) is 11.1. The smallest absolute Gasteiger partial charge is 0.184 e. The van der Waals surface area contributed by atoms with Crippen LogP contribution in [0.4, 0.5) is 5.82 Å². The highest BCUT2D eigenvalue weighted by molar-refractivity contribution is 6.05. The number of aryl methyl sites for hydroxylation is 1. The molecule has 0 aliphatic carbocycles. The van der Waals surface area contributed by atoms with Gasteiger partial charge in [-0.05, 0) is 63.2 Å². The van der Waals surface area contributed by atoms with E-state index in [1.165, 1.54) is 25.7 Å². The average molecular weight is 384 g/mol. The molecule has 2 aliphatic heterocycles. The Morgan fingerprint density at radius 3 is 2.61 bits per heavy atom. The zero-order valence-corrected chi connectivity index (χ0v) is 17.1. The van der Waals surface area contributed by atoms with Gasteiger partial charge >= 0.3 is 0 Å². The molecule has 4 heterocycles. The third-order valence-electron chi connectivity index (χ3n) is 6.14. The van der Waals surface area contributed by atoms with Gasteiger partial charge in [-0.2, -0.15) is 5.10 Å². The van der Waals surface area contributed by atoms with Crippen molar-refractivity contribution in [2.75, 3.05) is 31.1 Å². The maximum Gasteiger partial charge on any atom is 0.184 e. The number of rotatable bonds is 6. The zero-order valence-electron chi connectivity index (χ0n) is 17.1. The molecule has 0 spiro atoms. The highest BCUT2D eigenvalue weighted by atomic mass is 16.1. The van der Waals surface area contributed by atoms with Crippen molar-refractivity contribution in [1.29, 1.82) is 0 Å². The minimum Gasteiger partial charge on any atom is -0.357 e. The second-order valence-corrected chi connectivity index (χ2v) is 8.33. The highest BCUT2D eigenvalue weighted by Gasteiger charge is 2.23. The lowest BCUT2D eigenvalue weighted by Crippen LogP contribution is -2.29. The number of fused-ring (bicyclic) bond motifs is 1. The van der Waals surface area contributed by atoms with Crippen LogP contribution >= 0.6 is 0 Å². The van der Waals surface area contributed by atoms with E-state index in [9.17, 15) is 4.79 Å². The van der Waals surface area contributed by atoms with Crippen molar-refractivity contribution in [3.05, 3.63) is 17.8 Å². The number of anilines is 1. The number of hydrogen-bond acceptors (Lipinski definition) is 5. The van der Waals surface area contributed by atoms with Crippen LogP contribution in [0.3, 0.4) is 0 Å². The van der Waals surface area contributed by atoms with Crippen molar-refractivity contribution >= 4 is 22.6 Å². The van der Waals surface area contributed by atoms with Gasteiger partial charge in [-0.1, -0.05) is 19.8 Å². The summed E-state index contributed by atoms with van der Waals surface area (Å²) in [7, 11) is 0. The molecule has 0 radical (unpaired) electrons. The molecule has 0 aromatic carbocycles. The van der Waals surface area contributed by atoms with Crippen LogP contribution in [-0.2, 0) is 6.54 Å². The minimum absolute atomic E-state index is 0.177. The van der Waals surface area contributed by atoms with E-state index in [1.807, 2.05) is 4.68 Å². The first kappa shape index (κ1) is 19.4. The Hall–Kier alpha value is -1.95. The summed E-state index contributed by atoms with van der Waals surface area (Å²) in [6.07, 6.45) is 8.82. The van der Waals surface area contributed by atoms with Crippen LogP contribution in [0.25, 0.3) is 11.0 Å². The van der Waals surface area contributed by atoms with Crippen molar-refractivity contribution in [2.45, 2.75) is 64.8 Å². The molecule has 2 aliphatic rings. The van der Waals surface area contributed by atoms with Gasteiger partial charge in [0.1, 0.15) is 11.5 Å². The normalized spacial score (nSPS) is 19.1. The maximum absolute atomic E-state index is 13.0. The van der Waals surface area contributed by atoms with Crippen molar-refractivity contribution in [1.82, 2.24) is 20.1 Å². The van der Waals surface area contributed by atoms with E-state index in [4.69, 9.17) is 10.1 Å². The summed E-state index contributed by atoms with van der Waals surface area (Å²) in [4.78, 5) is 20.4. The summed E-state index contributed by atoms with van der Waals surface area (Å²) in [6.45, 7) is 7.12. The van der Waals surface area contributed by atoms with Gasteiger partial charge in [0.05, 0.1) is 5.39 Å². The van der Waals surface area contributed by atoms with Gasteiger partial charge in [-0.25, -0.2) is 9.67 Å². The fourth-order valence-corrected chi connectivity index (χ4v) is 4.54. The molecule has 0 saturated carbocycles.